The Bertz CT molecular complexity index is 658. The molecule has 0 saturated heterocycles. The van der Waals surface area contributed by atoms with Crippen LogP contribution in [0.4, 0.5) is 23.2 Å². The maximum absolute atomic E-state index is 13.0. The molecule has 0 radical (unpaired) electrons. The third kappa shape index (κ3) is 4.11. The molecule has 0 bridgehead atoms. The summed E-state index contributed by atoms with van der Waals surface area (Å²) in [4.78, 5) is 0. The molecule has 0 saturated carbocycles. The molecule has 0 aromatic heterocycles. The highest BCUT2D eigenvalue weighted by Crippen LogP contribution is 2.36. The van der Waals surface area contributed by atoms with Crippen LogP contribution in [0.5, 0.6) is 0 Å². The Morgan fingerprint density at radius 2 is 1.81 bits per heavy atom. The van der Waals surface area contributed by atoms with Gasteiger partial charge in [-0.15, -0.1) is 0 Å². The van der Waals surface area contributed by atoms with E-state index in [0.717, 1.165) is 6.07 Å². The monoisotopic (exact) mass is 381 g/mol. The first-order valence-electron chi connectivity index (χ1n) is 5.82. The van der Waals surface area contributed by atoms with E-state index in [0.29, 0.717) is 10.0 Å². The molecule has 2 aromatic rings. The molecule has 0 aliphatic heterocycles. The zero-order valence-corrected chi connectivity index (χ0v) is 12.8. The number of hydrogen-bond acceptors (Lipinski definition) is 1. The molecule has 0 amide bonds. The van der Waals surface area contributed by atoms with Gasteiger partial charge >= 0.3 is 6.18 Å². The molecule has 0 heterocycles. The van der Waals surface area contributed by atoms with Gasteiger partial charge in [0.25, 0.3) is 0 Å². The van der Waals surface area contributed by atoms with Gasteiger partial charge in [0.1, 0.15) is 5.82 Å². The Labute approximate surface area is 132 Å². The van der Waals surface area contributed by atoms with Crippen molar-refractivity contribution in [1.29, 1.82) is 0 Å². The fraction of sp³-hybridized carbons (Fsp3) is 0.143. The average molecular weight is 383 g/mol. The second-order valence-electron chi connectivity index (χ2n) is 4.28. The zero-order valence-electron chi connectivity index (χ0n) is 10.4. The van der Waals surface area contributed by atoms with Crippen LogP contribution in [-0.2, 0) is 12.7 Å². The van der Waals surface area contributed by atoms with Gasteiger partial charge in [-0.1, -0.05) is 33.6 Å². The lowest BCUT2D eigenvalue weighted by atomic mass is 10.1. The first-order chi connectivity index (χ1) is 9.77. The van der Waals surface area contributed by atoms with Gasteiger partial charge in [0.05, 0.1) is 5.56 Å². The first-order valence-corrected chi connectivity index (χ1v) is 6.99. The van der Waals surface area contributed by atoms with E-state index < -0.39 is 17.6 Å². The van der Waals surface area contributed by atoms with Crippen LogP contribution < -0.4 is 5.32 Å². The number of nitrogens with one attached hydrogen (secondary N) is 1. The van der Waals surface area contributed by atoms with Crippen molar-refractivity contribution in [3.8, 4) is 0 Å². The summed E-state index contributed by atoms with van der Waals surface area (Å²) in [5.74, 6) is -0.423. The van der Waals surface area contributed by atoms with Gasteiger partial charge in [0.2, 0.25) is 0 Å². The van der Waals surface area contributed by atoms with Crippen molar-refractivity contribution in [3.05, 3.63) is 62.8 Å². The van der Waals surface area contributed by atoms with Crippen LogP contribution in [0.2, 0.25) is 5.02 Å². The van der Waals surface area contributed by atoms with Crippen molar-refractivity contribution >= 4 is 33.2 Å². The van der Waals surface area contributed by atoms with Gasteiger partial charge < -0.3 is 5.32 Å². The summed E-state index contributed by atoms with van der Waals surface area (Å²) in [5.41, 5.74) is -0.282. The second-order valence-corrected chi connectivity index (χ2v) is 5.57. The maximum Gasteiger partial charge on any atom is 0.418 e. The van der Waals surface area contributed by atoms with Crippen molar-refractivity contribution in [2.45, 2.75) is 12.7 Å². The molecule has 0 spiro atoms. The molecule has 0 atom stereocenters. The van der Waals surface area contributed by atoms with E-state index in [9.17, 15) is 17.6 Å². The van der Waals surface area contributed by atoms with Crippen molar-refractivity contribution in [2.75, 3.05) is 5.32 Å². The fourth-order valence-corrected chi connectivity index (χ4v) is 2.42. The molecule has 1 nitrogen and oxygen atoms in total. The first kappa shape index (κ1) is 16.1. The Morgan fingerprint density at radius 1 is 1.10 bits per heavy atom. The molecule has 0 aliphatic carbocycles. The normalized spacial score (nSPS) is 11.5. The summed E-state index contributed by atoms with van der Waals surface area (Å²) in [6.07, 6.45) is -4.51. The summed E-state index contributed by atoms with van der Waals surface area (Å²) in [6.45, 7) is 0.117. The predicted molar refractivity (Wildman–Crippen MR) is 77.9 cm³/mol. The van der Waals surface area contributed by atoms with Gasteiger partial charge in [-0.3, -0.25) is 0 Å². The molecular weight excluding hydrogens is 374 g/mol. The molecule has 2 rings (SSSR count). The van der Waals surface area contributed by atoms with Crippen molar-refractivity contribution < 1.29 is 17.6 Å². The molecule has 21 heavy (non-hydrogen) atoms. The lowest BCUT2D eigenvalue weighted by molar-refractivity contribution is -0.136. The minimum Gasteiger partial charge on any atom is -0.380 e. The van der Waals surface area contributed by atoms with Crippen LogP contribution >= 0.6 is 27.5 Å². The highest BCUT2D eigenvalue weighted by molar-refractivity contribution is 9.10. The van der Waals surface area contributed by atoms with Crippen molar-refractivity contribution in [3.63, 3.8) is 0 Å². The van der Waals surface area contributed by atoms with Gasteiger partial charge in [0.15, 0.2) is 0 Å². The number of halogens is 6. The van der Waals surface area contributed by atoms with Crippen LogP contribution in [0.25, 0.3) is 0 Å². The molecule has 0 fully saturated rings. The average Bonchev–Trinajstić information content (AvgIpc) is 2.38. The van der Waals surface area contributed by atoms with Crippen molar-refractivity contribution in [2.24, 2.45) is 0 Å². The van der Waals surface area contributed by atoms with E-state index in [2.05, 4.69) is 21.2 Å². The minimum atomic E-state index is -4.51. The Kier molecular flexibility index (Phi) is 4.78. The van der Waals surface area contributed by atoms with E-state index in [1.165, 1.54) is 30.3 Å². The van der Waals surface area contributed by atoms with Crippen LogP contribution in [-0.4, -0.2) is 0 Å². The van der Waals surface area contributed by atoms with Gasteiger partial charge in [-0.25, -0.2) is 4.39 Å². The zero-order chi connectivity index (χ0) is 15.6. The number of anilines is 1. The smallest absolute Gasteiger partial charge is 0.380 e. The predicted octanol–water partition coefficient (Wildman–Crippen LogP) is 5.87. The molecule has 7 heteroatoms. The van der Waals surface area contributed by atoms with E-state index in [1.54, 1.807) is 0 Å². The number of hydrogen-bond donors (Lipinski definition) is 1. The third-order valence-corrected chi connectivity index (χ3v) is 3.74. The van der Waals surface area contributed by atoms with E-state index in [-0.39, 0.29) is 17.3 Å². The molecule has 0 aliphatic rings. The fourth-order valence-electron chi connectivity index (χ4n) is 1.76. The van der Waals surface area contributed by atoms with Gasteiger partial charge in [-0.05, 0) is 35.9 Å². The lowest BCUT2D eigenvalue weighted by Gasteiger charge is -2.15. The summed E-state index contributed by atoms with van der Waals surface area (Å²) in [5, 5.41) is 2.70. The number of benzene rings is 2. The highest BCUT2D eigenvalue weighted by atomic mass is 79.9. The summed E-state index contributed by atoms with van der Waals surface area (Å²) in [7, 11) is 0. The minimum absolute atomic E-state index is 0.0100. The molecule has 0 unspecified atom stereocenters. The van der Waals surface area contributed by atoms with E-state index in [1.807, 2.05) is 0 Å². The molecule has 112 valence electrons. The van der Waals surface area contributed by atoms with Crippen LogP contribution in [0.3, 0.4) is 0 Å². The Balaban J connectivity index is 2.24. The molecular formula is C14H9BrClF4N. The topological polar surface area (TPSA) is 12.0 Å². The summed E-state index contributed by atoms with van der Waals surface area (Å²) < 4.78 is 52.2. The second kappa shape index (κ2) is 6.23. The number of rotatable bonds is 3. The van der Waals surface area contributed by atoms with E-state index >= 15 is 0 Å². The standard InChI is InChI=1S/C14H9BrClF4N/c15-12-6-10(17)3-1-8(12)7-21-13-4-2-9(16)5-11(13)14(18,19)20/h1-6,21H,7H2. The van der Waals surface area contributed by atoms with E-state index in [4.69, 9.17) is 11.6 Å². The summed E-state index contributed by atoms with van der Waals surface area (Å²) >= 11 is 8.77. The SMILES string of the molecule is Fc1ccc(CNc2ccc(Cl)cc2C(F)(F)F)c(Br)c1. The number of alkyl halides is 3. The van der Waals surface area contributed by atoms with Gasteiger partial charge in [0, 0.05) is 21.7 Å². The van der Waals surface area contributed by atoms with Crippen molar-refractivity contribution in [1.82, 2.24) is 0 Å². The Morgan fingerprint density at radius 3 is 2.43 bits per heavy atom. The third-order valence-electron chi connectivity index (χ3n) is 2.77. The highest BCUT2D eigenvalue weighted by Gasteiger charge is 2.33. The van der Waals surface area contributed by atoms with Crippen LogP contribution in [0.1, 0.15) is 11.1 Å². The van der Waals surface area contributed by atoms with Crippen LogP contribution in [0.15, 0.2) is 40.9 Å². The summed E-state index contributed by atoms with van der Waals surface area (Å²) in [6, 6.07) is 7.50. The largest absolute Gasteiger partial charge is 0.418 e. The quantitative estimate of drug-likeness (QED) is 0.654. The molecule has 1 N–H and O–H groups in total. The lowest BCUT2D eigenvalue weighted by Crippen LogP contribution is -2.11. The van der Waals surface area contributed by atoms with Gasteiger partial charge in [-0.2, -0.15) is 13.2 Å². The molecule has 2 aromatic carbocycles. The Hall–Kier alpha value is -1.27. The maximum atomic E-state index is 13.0. The van der Waals surface area contributed by atoms with Crippen LogP contribution in [0, 0.1) is 5.82 Å².